The molecule has 0 bridgehead atoms. The van der Waals surface area contributed by atoms with Crippen molar-refractivity contribution in [3.63, 3.8) is 0 Å². The average Bonchev–Trinajstić information content (AvgIpc) is 2.79. The van der Waals surface area contributed by atoms with Crippen LogP contribution in [0.4, 0.5) is 8.78 Å². The van der Waals surface area contributed by atoms with Crippen LogP contribution in [0.25, 0.3) is 5.57 Å². The van der Waals surface area contributed by atoms with E-state index in [0.717, 1.165) is 22.1 Å². The average molecular weight is 292 g/mol. The number of halogens is 2. The number of carbonyl (C=O) groups is 1. The van der Waals surface area contributed by atoms with Crippen LogP contribution in [-0.2, 0) is 0 Å². The van der Waals surface area contributed by atoms with Gasteiger partial charge in [-0.2, -0.15) is 0 Å². The molecule has 0 fully saturated rings. The number of allylic oxidation sites excluding steroid dienone is 2. The molecule has 0 N–H and O–H groups in total. The second-order valence-corrected chi connectivity index (χ2v) is 5.82. The Balaban J connectivity index is 2.58. The lowest BCUT2D eigenvalue weighted by atomic mass is 9.93. The summed E-state index contributed by atoms with van der Waals surface area (Å²) in [5.74, 6) is -2.58. The molecule has 1 aromatic carbocycles. The maximum atomic E-state index is 13.8. The highest BCUT2D eigenvalue weighted by Gasteiger charge is 2.22. The monoisotopic (exact) mass is 292 g/mol. The lowest BCUT2D eigenvalue weighted by Gasteiger charge is -2.10. The van der Waals surface area contributed by atoms with Crippen LogP contribution in [0.1, 0.15) is 34.6 Å². The van der Waals surface area contributed by atoms with Gasteiger partial charge < -0.3 is 0 Å². The van der Waals surface area contributed by atoms with Crippen LogP contribution in [0.2, 0.25) is 0 Å². The lowest BCUT2D eigenvalue weighted by Crippen LogP contribution is -2.08. The molecular weight excluding hydrogens is 278 g/mol. The van der Waals surface area contributed by atoms with E-state index in [1.54, 1.807) is 13.8 Å². The zero-order valence-corrected chi connectivity index (χ0v) is 12.3. The number of carbonyl (C=O) groups excluding carboxylic acids is 1. The smallest absolute Gasteiger partial charge is 0.196 e. The van der Waals surface area contributed by atoms with E-state index in [9.17, 15) is 13.6 Å². The van der Waals surface area contributed by atoms with E-state index < -0.39 is 17.4 Å². The summed E-state index contributed by atoms with van der Waals surface area (Å²) in [5, 5.41) is 1.88. The fraction of sp³-hybridized carbons (Fsp3) is 0.188. The van der Waals surface area contributed by atoms with E-state index in [4.69, 9.17) is 0 Å². The number of Topliss-reactive ketones (excluding diaryl/α,β-unsaturated/α-hetero) is 1. The van der Waals surface area contributed by atoms with E-state index in [0.29, 0.717) is 5.57 Å². The van der Waals surface area contributed by atoms with Crippen molar-refractivity contribution in [3.8, 4) is 0 Å². The van der Waals surface area contributed by atoms with Gasteiger partial charge in [0.15, 0.2) is 17.4 Å². The van der Waals surface area contributed by atoms with Gasteiger partial charge >= 0.3 is 0 Å². The van der Waals surface area contributed by atoms with E-state index in [1.807, 2.05) is 18.4 Å². The van der Waals surface area contributed by atoms with Gasteiger partial charge in [-0.25, -0.2) is 8.78 Å². The highest BCUT2D eigenvalue weighted by Crippen LogP contribution is 2.30. The third-order valence-corrected chi connectivity index (χ3v) is 3.90. The number of rotatable bonds is 3. The van der Waals surface area contributed by atoms with Gasteiger partial charge in [0.2, 0.25) is 0 Å². The van der Waals surface area contributed by atoms with Gasteiger partial charge in [-0.1, -0.05) is 11.6 Å². The second kappa shape index (κ2) is 5.67. The third-order valence-electron chi connectivity index (χ3n) is 3.05. The summed E-state index contributed by atoms with van der Waals surface area (Å²) in [6.07, 6.45) is 0. The second-order valence-electron chi connectivity index (χ2n) is 4.70. The summed E-state index contributed by atoms with van der Waals surface area (Å²) >= 11 is 1.52. The standard InChI is InChI=1S/C16H14F2OS/c1-9(2)14(11-7-8-20-10(11)3)16(19)12-5-4-6-13(17)15(12)18/h4-8H,1-3H3. The molecule has 0 amide bonds. The molecule has 2 rings (SSSR count). The summed E-state index contributed by atoms with van der Waals surface area (Å²) in [6, 6.07) is 5.49. The van der Waals surface area contributed by atoms with E-state index in [-0.39, 0.29) is 5.56 Å². The first-order valence-corrected chi connectivity index (χ1v) is 7.02. The third kappa shape index (κ3) is 2.56. The number of aryl methyl sites for hydroxylation is 1. The van der Waals surface area contributed by atoms with Crippen LogP contribution in [0.3, 0.4) is 0 Å². The van der Waals surface area contributed by atoms with Crippen molar-refractivity contribution in [1.29, 1.82) is 0 Å². The first kappa shape index (κ1) is 14.6. The van der Waals surface area contributed by atoms with Gasteiger partial charge in [0, 0.05) is 10.5 Å². The first-order chi connectivity index (χ1) is 9.43. The molecule has 0 aliphatic heterocycles. The van der Waals surface area contributed by atoms with Crippen LogP contribution >= 0.6 is 11.3 Å². The molecule has 0 radical (unpaired) electrons. The van der Waals surface area contributed by atoms with Crippen molar-refractivity contribution in [3.05, 3.63) is 62.9 Å². The van der Waals surface area contributed by atoms with Crippen molar-refractivity contribution < 1.29 is 13.6 Å². The fourth-order valence-electron chi connectivity index (χ4n) is 2.08. The summed E-state index contributed by atoms with van der Waals surface area (Å²) in [6.45, 7) is 5.49. The Kier molecular flexibility index (Phi) is 4.14. The molecule has 0 unspecified atom stereocenters. The van der Waals surface area contributed by atoms with Gasteiger partial charge in [-0.05, 0) is 49.9 Å². The molecule has 0 saturated carbocycles. The molecule has 0 spiro atoms. The van der Waals surface area contributed by atoms with Gasteiger partial charge in [0.25, 0.3) is 0 Å². The molecule has 0 saturated heterocycles. The minimum absolute atomic E-state index is 0.230. The lowest BCUT2D eigenvalue weighted by molar-refractivity contribution is 0.105. The number of thiophene rings is 1. The predicted octanol–water partition coefficient (Wildman–Crippen LogP) is 5.01. The predicted molar refractivity (Wildman–Crippen MR) is 78.0 cm³/mol. The molecule has 104 valence electrons. The molecule has 2 aromatic rings. The Morgan fingerprint density at radius 2 is 1.80 bits per heavy atom. The number of hydrogen-bond acceptors (Lipinski definition) is 2. The largest absolute Gasteiger partial charge is 0.288 e. The van der Waals surface area contributed by atoms with Crippen LogP contribution < -0.4 is 0 Å². The van der Waals surface area contributed by atoms with Crippen molar-refractivity contribution in [2.75, 3.05) is 0 Å². The van der Waals surface area contributed by atoms with Crippen molar-refractivity contribution in [2.24, 2.45) is 0 Å². The Labute approximate surface area is 120 Å². The SMILES string of the molecule is CC(C)=C(C(=O)c1cccc(F)c1F)c1ccsc1C. The Hall–Kier alpha value is -1.81. The van der Waals surface area contributed by atoms with E-state index in [1.165, 1.54) is 23.5 Å². The molecule has 1 aromatic heterocycles. The highest BCUT2D eigenvalue weighted by molar-refractivity contribution is 7.10. The number of hydrogen-bond donors (Lipinski definition) is 0. The zero-order valence-electron chi connectivity index (χ0n) is 11.5. The molecule has 1 nitrogen and oxygen atoms in total. The minimum Gasteiger partial charge on any atom is -0.288 e. The van der Waals surface area contributed by atoms with Crippen LogP contribution in [0.15, 0.2) is 35.2 Å². The fourth-order valence-corrected chi connectivity index (χ4v) is 2.78. The van der Waals surface area contributed by atoms with E-state index >= 15 is 0 Å². The molecule has 0 atom stereocenters. The Bertz CT molecular complexity index is 694. The maximum Gasteiger partial charge on any atom is 0.196 e. The van der Waals surface area contributed by atoms with Gasteiger partial charge in [0.1, 0.15) is 0 Å². The summed E-state index contributed by atoms with van der Waals surface area (Å²) in [7, 11) is 0. The summed E-state index contributed by atoms with van der Waals surface area (Å²) in [4.78, 5) is 13.5. The molecule has 0 aliphatic carbocycles. The van der Waals surface area contributed by atoms with Gasteiger partial charge in [-0.3, -0.25) is 4.79 Å². The quantitative estimate of drug-likeness (QED) is 0.574. The molecule has 0 aliphatic rings. The first-order valence-electron chi connectivity index (χ1n) is 6.14. The Morgan fingerprint density at radius 1 is 1.10 bits per heavy atom. The van der Waals surface area contributed by atoms with Gasteiger partial charge in [-0.15, -0.1) is 11.3 Å². The van der Waals surface area contributed by atoms with Crippen molar-refractivity contribution in [1.82, 2.24) is 0 Å². The van der Waals surface area contributed by atoms with Crippen molar-refractivity contribution in [2.45, 2.75) is 20.8 Å². The molecule has 4 heteroatoms. The van der Waals surface area contributed by atoms with Crippen LogP contribution in [-0.4, -0.2) is 5.78 Å². The maximum absolute atomic E-state index is 13.8. The minimum atomic E-state index is -1.09. The Morgan fingerprint density at radius 3 is 2.35 bits per heavy atom. The van der Waals surface area contributed by atoms with Crippen LogP contribution in [0.5, 0.6) is 0 Å². The molecule has 1 heterocycles. The van der Waals surface area contributed by atoms with Gasteiger partial charge in [0.05, 0.1) is 5.56 Å². The normalized spacial score (nSPS) is 10.4. The highest BCUT2D eigenvalue weighted by atomic mass is 32.1. The van der Waals surface area contributed by atoms with E-state index in [2.05, 4.69) is 0 Å². The molecular formula is C16H14F2OS. The van der Waals surface area contributed by atoms with Crippen LogP contribution in [0, 0.1) is 18.6 Å². The molecule has 20 heavy (non-hydrogen) atoms. The summed E-state index contributed by atoms with van der Waals surface area (Å²) < 4.78 is 27.1. The summed E-state index contributed by atoms with van der Waals surface area (Å²) in [5.41, 5.74) is 1.77. The number of benzene rings is 1. The zero-order chi connectivity index (χ0) is 14.9. The topological polar surface area (TPSA) is 17.1 Å². The van der Waals surface area contributed by atoms with Crippen molar-refractivity contribution >= 4 is 22.7 Å². The number of ketones is 1.